The summed E-state index contributed by atoms with van der Waals surface area (Å²) in [6, 6.07) is 8.59. The van der Waals surface area contributed by atoms with Gasteiger partial charge in [0.2, 0.25) is 5.90 Å². The first-order valence-corrected chi connectivity index (χ1v) is 12.5. The van der Waals surface area contributed by atoms with Gasteiger partial charge in [0.05, 0.1) is 38.2 Å². The molecule has 0 radical (unpaired) electrons. The highest BCUT2D eigenvalue weighted by atomic mass is 19.1. The number of H-pyrrole nitrogens is 1. The minimum atomic E-state index is -0.461. The number of aryl methyl sites for hydroxylation is 1. The van der Waals surface area contributed by atoms with Crippen LogP contribution in [0.2, 0.25) is 0 Å². The van der Waals surface area contributed by atoms with Gasteiger partial charge in [0.15, 0.2) is 23.1 Å². The molecule has 37 heavy (non-hydrogen) atoms. The molecule has 0 aliphatic carbocycles. The number of nitrogens with zero attached hydrogens (tertiary/aromatic N) is 3. The normalized spacial score (nSPS) is 17.2. The maximum atomic E-state index is 15.1. The first kappa shape index (κ1) is 25.2. The summed E-state index contributed by atoms with van der Waals surface area (Å²) in [5, 5.41) is 0.457. The van der Waals surface area contributed by atoms with Gasteiger partial charge in [-0.3, -0.25) is 9.98 Å². The van der Waals surface area contributed by atoms with Gasteiger partial charge in [-0.05, 0) is 57.3 Å². The van der Waals surface area contributed by atoms with E-state index in [0.29, 0.717) is 45.7 Å². The van der Waals surface area contributed by atoms with Crippen molar-refractivity contribution in [1.82, 2.24) is 9.88 Å². The number of hydrogen-bond donors (Lipinski definition) is 1. The zero-order chi connectivity index (χ0) is 26.0. The third kappa shape index (κ3) is 5.06. The summed E-state index contributed by atoms with van der Waals surface area (Å²) in [7, 11) is 3.15. The van der Waals surface area contributed by atoms with Crippen LogP contribution in [-0.4, -0.2) is 76.1 Å². The smallest absolute Gasteiger partial charge is 0.224 e. The van der Waals surface area contributed by atoms with Crippen molar-refractivity contribution < 1.29 is 23.3 Å². The Hall–Kier alpha value is -3.43. The van der Waals surface area contributed by atoms with E-state index in [1.165, 1.54) is 6.42 Å². The quantitative estimate of drug-likeness (QED) is 0.253. The Balaban J connectivity index is 1.28. The van der Waals surface area contributed by atoms with E-state index in [2.05, 4.69) is 26.6 Å². The molecule has 2 aliphatic heterocycles. The monoisotopic (exact) mass is 508 g/mol. The summed E-state index contributed by atoms with van der Waals surface area (Å²) in [6.07, 6.45) is 2.10. The number of nitrogens with one attached hydrogen (secondary N) is 1. The average molecular weight is 509 g/mol. The zero-order valence-electron chi connectivity index (χ0n) is 21.6. The Bertz CT molecular complexity index is 1330. The highest BCUT2D eigenvalue weighted by Crippen LogP contribution is 2.38. The fourth-order valence-corrected chi connectivity index (χ4v) is 5.13. The van der Waals surface area contributed by atoms with Gasteiger partial charge in [-0.2, -0.15) is 0 Å². The lowest BCUT2D eigenvalue weighted by Crippen LogP contribution is -2.44. The molecule has 1 spiro atoms. The number of aromatic nitrogens is 1. The molecule has 1 aromatic heterocycles. The van der Waals surface area contributed by atoms with Crippen LogP contribution in [-0.2, 0) is 4.74 Å². The second-order valence-electron chi connectivity index (χ2n) is 9.82. The van der Waals surface area contributed by atoms with E-state index in [9.17, 15) is 0 Å². The van der Waals surface area contributed by atoms with Crippen LogP contribution in [0.5, 0.6) is 17.2 Å². The minimum absolute atomic E-state index is 0.0681. The van der Waals surface area contributed by atoms with Gasteiger partial charge < -0.3 is 28.8 Å². The number of halogens is 1. The summed E-state index contributed by atoms with van der Waals surface area (Å²) in [5.74, 6) is 0.872. The van der Waals surface area contributed by atoms with Crippen LogP contribution in [0, 0.1) is 18.2 Å². The summed E-state index contributed by atoms with van der Waals surface area (Å²) >= 11 is 0. The number of aromatic amines is 1. The first-order chi connectivity index (χ1) is 17.9. The van der Waals surface area contributed by atoms with E-state index < -0.39 is 5.82 Å². The second-order valence-corrected chi connectivity index (χ2v) is 9.82. The molecule has 0 unspecified atom stereocenters. The number of rotatable bonds is 9. The molecule has 3 aromatic rings. The van der Waals surface area contributed by atoms with E-state index >= 15 is 4.39 Å². The highest BCUT2D eigenvalue weighted by Gasteiger charge is 2.43. The number of methoxy groups -OCH3 is 1. The van der Waals surface area contributed by atoms with Crippen molar-refractivity contribution in [2.75, 3.05) is 53.6 Å². The van der Waals surface area contributed by atoms with E-state index in [4.69, 9.17) is 18.9 Å². The largest absolute Gasteiger partial charge is 0.493 e. The fourth-order valence-electron chi connectivity index (χ4n) is 5.13. The van der Waals surface area contributed by atoms with Crippen molar-refractivity contribution in [3.8, 4) is 17.2 Å². The topological polar surface area (TPSA) is 80.7 Å². The Kier molecular flexibility index (Phi) is 7.17. The zero-order valence-corrected chi connectivity index (χ0v) is 21.6. The van der Waals surface area contributed by atoms with E-state index in [-0.39, 0.29) is 11.6 Å². The molecule has 9 heteroatoms. The standard InChI is InChI=1S/C28H33FN4O4/c1-18-12-19-21(32-18)6-7-23(26(19)29)37-27(31-3)20-13-24(34-4)25(14-22(20)30-2)36-11-5-9-33-10-8-28(15-33)16-35-17-28/h6-7,12-14,32H,2,5,8-11,15-17H2,1,3-4H3. The Labute approximate surface area is 216 Å². The predicted octanol–water partition coefficient (Wildman–Crippen LogP) is 4.90. The summed E-state index contributed by atoms with van der Waals surface area (Å²) in [6.45, 7) is 11.1. The summed E-state index contributed by atoms with van der Waals surface area (Å²) in [4.78, 5) is 14.0. The third-order valence-electron chi connectivity index (χ3n) is 7.14. The van der Waals surface area contributed by atoms with Gasteiger partial charge in [-0.15, -0.1) is 0 Å². The second kappa shape index (κ2) is 10.5. The van der Waals surface area contributed by atoms with Gasteiger partial charge in [0.1, 0.15) is 0 Å². The van der Waals surface area contributed by atoms with Crippen molar-refractivity contribution in [2.45, 2.75) is 19.8 Å². The Morgan fingerprint density at radius 1 is 1.22 bits per heavy atom. The molecule has 3 heterocycles. The molecule has 2 aromatic carbocycles. The van der Waals surface area contributed by atoms with Crippen molar-refractivity contribution >= 4 is 29.2 Å². The lowest BCUT2D eigenvalue weighted by atomic mass is 9.85. The lowest BCUT2D eigenvalue weighted by Gasteiger charge is -2.37. The van der Waals surface area contributed by atoms with E-state index in [1.807, 2.05) is 6.92 Å². The van der Waals surface area contributed by atoms with Gasteiger partial charge in [-0.25, -0.2) is 4.39 Å². The molecule has 196 valence electrons. The van der Waals surface area contributed by atoms with E-state index in [0.717, 1.165) is 45.0 Å². The molecule has 1 N–H and O–H groups in total. The highest BCUT2D eigenvalue weighted by molar-refractivity contribution is 6.01. The van der Waals surface area contributed by atoms with Crippen LogP contribution in [0.3, 0.4) is 0 Å². The minimum Gasteiger partial charge on any atom is -0.493 e. The van der Waals surface area contributed by atoms with Crippen LogP contribution >= 0.6 is 0 Å². The van der Waals surface area contributed by atoms with Crippen LogP contribution in [0.1, 0.15) is 24.1 Å². The molecule has 2 saturated heterocycles. The van der Waals surface area contributed by atoms with Crippen molar-refractivity contribution in [1.29, 1.82) is 0 Å². The Morgan fingerprint density at radius 2 is 2.05 bits per heavy atom. The molecular weight excluding hydrogens is 475 g/mol. The van der Waals surface area contributed by atoms with Gasteiger partial charge >= 0.3 is 0 Å². The third-order valence-corrected chi connectivity index (χ3v) is 7.14. The maximum absolute atomic E-state index is 15.1. The summed E-state index contributed by atoms with van der Waals surface area (Å²) < 4.78 is 38.2. The van der Waals surface area contributed by atoms with Crippen molar-refractivity contribution in [3.05, 3.63) is 47.4 Å². The average Bonchev–Trinajstić information content (AvgIpc) is 3.50. The molecule has 5 rings (SSSR count). The number of hydrogen-bond acceptors (Lipinski definition) is 7. The first-order valence-electron chi connectivity index (χ1n) is 12.5. The molecule has 0 atom stereocenters. The predicted molar refractivity (Wildman–Crippen MR) is 143 cm³/mol. The Morgan fingerprint density at radius 3 is 2.73 bits per heavy atom. The number of ether oxygens (including phenoxy) is 4. The SMILES string of the molecule is C=Nc1cc(OCCCN2CCC3(COC3)C2)c(OC)cc1C(=NC)Oc1ccc2[nH]c(C)cc2c1F. The molecule has 0 bridgehead atoms. The fraction of sp³-hybridized carbons (Fsp3) is 0.429. The van der Waals surface area contributed by atoms with Crippen molar-refractivity contribution in [2.24, 2.45) is 15.4 Å². The van der Waals surface area contributed by atoms with Gasteiger partial charge in [0.25, 0.3) is 0 Å². The number of benzene rings is 2. The van der Waals surface area contributed by atoms with Crippen LogP contribution in [0.25, 0.3) is 10.9 Å². The molecule has 0 saturated carbocycles. The van der Waals surface area contributed by atoms with Crippen LogP contribution in [0.4, 0.5) is 10.1 Å². The molecule has 8 nitrogen and oxygen atoms in total. The van der Waals surface area contributed by atoms with Gasteiger partial charge in [-0.1, -0.05) is 0 Å². The number of aliphatic imine (C=N–C) groups is 2. The van der Waals surface area contributed by atoms with E-state index in [1.54, 1.807) is 44.5 Å². The van der Waals surface area contributed by atoms with Crippen LogP contribution in [0.15, 0.2) is 40.3 Å². The summed E-state index contributed by atoms with van der Waals surface area (Å²) in [5.41, 5.74) is 2.99. The van der Waals surface area contributed by atoms with Gasteiger partial charge in [0, 0.05) is 48.2 Å². The lowest BCUT2D eigenvalue weighted by molar-refractivity contribution is -0.105. The molecule has 0 amide bonds. The molecule has 2 aliphatic rings. The van der Waals surface area contributed by atoms with Crippen LogP contribution < -0.4 is 14.2 Å². The number of fused-ring (bicyclic) bond motifs is 1. The molecular formula is C28H33FN4O4. The maximum Gasteiger partial charge on any atom is 0.224 e. The molecule has 2 fully saturated rings. The van der Waals surface area contributed by atoms with Crippen molar-refractivity contribution in [3.63, 3.8) is 0 Å². The number of likely N-dealkylation sites (tertiary alicyclic amines) is 1.